The summed E-state index contributed by atoms with van der Waals surface area (Å²) in [6.07, 6.45) is 1.84. The molecule has 0 fully saturated rings. The van der Waals surface area contributed by atoms with Crippen molar-refractivity contribution in [3.05, 3.63) is 57.0 Å². The van der Waals surface area contributed by atoms with Gasteiger partial charge in [-0.15, -0.1) is 0 Å². The van der Waals surface area contributed by atoms with Crippen LogP contribution in [0.1, 0.15) is 18.4 Å². The van der Waals surface area contributed by atoms with Crippen LogP contribution in [0.2, 0.25) is 0 Å². The van der Waals surface area contributed by atoms with Crippen LogP contribution in [0.15, 0.2) is 45.6 Å². The Bertz CT molecular complexity index is 962. The van der Waals surface area contributed by atoms with Crippen molar-refractivity contribution in [2.75, 3.05) is 19.6 Å². The molecule has 0 radical (unpaired) electrons. The Labute approximate surface area is 165 Å². The first-order valence-electron chi connectivity index (χ1n) is 8.54. The summed E-state index contributed by atoms with van der Waals surface area (Å²) in [7, 11) is 0. The predicted molar refractivity (Wildman–Crippen MR) is 101 cm³/mol. The lowest BCUT2D eigenvalue weighted by molar-refractivity contribution is 0.233. The molecule has 3 rings (SSSR count). The van der Waals surface area contributed by atoms with Crippen LogP contribution >= 0.6 is 15.9 Å². The summed E-state index contributed by atoms with van der Waals surface area (Å²) >= 11 is 3.36. The molecule has 0 bridgehead atoms. The van der Waals surface area contributed by atoms with E-state index in [0.29, 0.717) is 28.7 Å². The van der Waals surface area contributed by atoms with E-state index in [1.165, 1.54) is 6.07 Å². The Morgan fingerprint density at radius 2 is 2.04 bits per heavy atom. The smallest absolute Gasteiger partial charge is 0.204 e. The lowest BCUT2D eigenvalue weighted by Crippen LogP contribution is -2.47. The molecule has 1 aliphatic heterocycles. The van der Waals surface area contributed by atoms with E-state index < -0.39 is 17.2 Å². The number of benzene rings is 1. The van der Waals surface area contributed by atoms with Gasteiger partial charge in [0.15, 0.2) is 0 Å². The van der Waals surface area contributed by atoms with Crippen molar-refractivity contribution >= 4 is 15.9 Å². The summed E-state index contributed by atoms with van der Waals surface area (Å²) < 4.78 is 15.4. The molecule has 0 spiro atoms. The molecule has 2 aliphatic rings. The Kier molecular flexibility index (Phi) is 5.07. The minimum Gasteiger partial charge on any atom is -0.399 e. The van der Waals surface area contributed by atoms with Crippen molar-refractivity contribution in [3.8, 4) is 18.2 Å². The van der Waals surface area contributed by atoms with E-state index in [9.17, 15) is 20.2 Å². The van der Waals surface area contributed by atoms with Crippen LogP contribution in [0, 0.1) is 51.1 Å². The van der Waals surface area contributed by atoms with Crippen LogP contribution in [0.4, 0.5) is 4.39 Å². The van der Waals surface area contributed by atoms with Crippen molar-refractivity contribution in [3.63, 3.8) is 0 Å². The van der Waals surface area contributed by atoms with Gasteiger partial charge in [-0.05, 0) is 35.9 Å². The molecule has 0 unspecified atom stereocenters. The highest BCUT2D eigenvalue weighted by Crippen LogP contribution is 2.53. The molecule has 136 valence electrons. The average Bonchev–Trinajstić information content (AvgIpc) is 2.69. The fourth-order valence-corrected chi connectivity index (χ4v) is 4.44. The van der Waals surface area contributed by atoms with Gasteiger partial charge in [0.25, 0.3) is 0 Å². The van der Waals surface area contributed by atoms with Gasteiger partial charge in [0.1, 0.15) is 5.82 Å². The Morgan fingerprint density at radius 3 is 2.63 bits per heavy atom. The molecular weight excluding hydrogens is 409 g/mol. The van der Waals surface area contributed by atoms with Crippen LogP contribution in [0.3, 0.4) is 0 Å². The minimum atomic E-state index is -1.69. The molecule has 0 saturated carbocycles. The fraction of sp³-hybridized carbons (Fsp3) is 0.350. The zero-order chi connectivity index (χ0) is 19.8. The Balaban J connectivity index is 2.34. The first-order chi connectivity index (χ1) is 12.9. The third kappa shape index (κ3) is 2.82. The molecule has 1 heterocycles. The van der Waals surface area contributed by atoms with Gasteiger partial charge in [-0.3, -0.25) is 4.90 Å². The number of rotatable bonds is 2. The normalized spacial score (nSPS) is 24.2. The summed E-state index contributed by atoms with van der Waals surface area (Å²) in [5.74, 6) is -1.48. The molecule has 1 aliphatic carbocycles. The van der Waals surface area contributed by atoms with Gasteiger partial charge in [-0.2, -0.15) is 15.8 Å². The van der Waals surface area contributed by atoms with Gasteiger partial charge >= 0.3 is 0 Å². The van der Waals surface area contributed by atoms with E-state index in [2.05, 4.69) is 26.9 Å². The van der Waals surface area contributed by atoms with Gasteiger partial charge < -0.3 is 5.73 Å². The van der Waals surface area contributed by atoms with Crippen molar-refractivity contribution in [1.82, 2.24) is 4.90 Å². The molecule has 7 heteroatoms. The molecule has 0 amide bonds. The molecule has 1 aromatic rings. The van der Waals surface area contributed by atoms with Crippen molar-refractivity contribution in [1.29, 1.82) is 15.8 Å². The molecular formula is C20H17BrFN5. The maximum absolute atomic E-state index is 14.7. The first-order valence-corrected chi connectivity index (χ1v) is 9.33. The fourth-order valence-electron chi connectivity index (χ4n) is 4.06. The zero-order valence-electron chi connectivity index (χ0n) is 14.7. The van der Waals surface area contributed by atoms with E-state index in [1.54, 1.807) is 12.1 Å². The second kappa shape index (κ2) is 7.16. The summed E-state index contributed by atoms with van der Waals surface area (Å²) in [5.41, 5.74) is 5.42. The van der Waals surface area contributed by atoms with Crippen LogP contribution < -0.4 is 5.73 Å². The van der Waals surface area contributed by atoms with Gasteiger partial charge in [0.2, 0.25) is 5.41 Å². The van der Waals surface area contributed by atoms with Gasteiger partial charge in [0, 0.05) is 29.4 Å². The minimum absolute atomic E-state index is 0.0909. The quantitative estimate of drug-likeness (QED) is 0.732. The zero-order valence-corrected chi connectivity index (χ0v) is 16.3. The number of hydrogen-bond acceptors (Lipinski definition) is 5. The molecule has 5 nitrogen and oxygen atoms in total. The van der Waals surface area contributed by atoms with Crippen LogP contribution in [-0.4, -0.2) is 24.5 Å². The summed E-state index contributed by atoms with van der Waals surface area (Å²) in [4.78, 5) is 2.13. The molecule has 0 saturated heterocycles. The van der Waals surface area contributed by atoms with Gasteiger partial charge in [-0.1, -0.05) is 28.9 Å². The third-order valence-corrected chi connectivity index (χ3v) is 5.95. The Hall–Kier alpha value is -2.66. The van der Waals surface area contributed by atoms with Crippen LogP contribution in [-0.2, 0) is 0 Å². The number of nitrogens with two attached hydrogens (primary N) is 1. The third-order valence-electron chi connectivity index (χ3n) is 5.46. The topological polar surface area (TPSA) is 101 Å². The highest BCUT2D eigenvalue weighted by molar-refractivity contribution is 9.10. The first kappa shape index (κ1) is 19.1. The molecule has 2 atom stereocenters. The number of halogens is 2. The highest BCUT2D eigenvalue weighted by Gasteiger charge is 2.52. The van der Waals surface area contributed by atoms with Crippen molar-refractivity contribution < 1.29 is 4.39 Å². The number of fused-ring (bicyclic) bond motifs is 1. The standard InChI is InChI=1S/C20H17BrFN5/c1-2-27-6-5-16-15(9-27)18(13-7-12(21)3-4-17(13)22)14(8-23)19(26)20(16,10-24)11-25/h3-5,7,15,18H,2,6,9,26H2,1H3/t15-,18-/m1/s1. The van der Waals surface area contributed by atoms with E-state index in [1.807, 2.05) is 25.1 Å². The largest absolute Gasteiger partial charge is 0.399 e. The van der Waals surface area contributed by atoms with E-state index >= 15 is 0 Å². The number of nitrogens with zero attached hydrogens (tertiary/aromatic N) is 4. The number of allylic oxidation sites excluding steroid dienone is 2. The van der Waals surface area contributed by atoms with Crippen LogP contribution in [0.25, 0.3) is 0 Å². The number of nitriles is 3. The maximum atomic E-state index is 14.7. The average molecular weight is 426 g/mol. The Morgan fingerprint density at radius 1 is 1.33 bits per heavy atom. The summed E-state index contributed by atoms with van der Waals surface area (Å²) in [5, 5.41) is 29.4. The van der Waals surface area contributed by atoms with E-state index in [0.717, 1.165) is 6.54 Å². The predicted octanol–water partition coefficient (Wildman–Crippen LogP) is 3.33. The maximum Gasteiger partial charge on any atom is 0.204 e. The second-order valence-electron chi connectivity index (χ2n) is 6.67. The second-order valence-corrected chi connectivity index (χ2v) is 7.59. The lowest BCUT2D eigenvalue weighted by Gasteiger charge is -2.45. The van der Waals surface area contributed by atoms with E-state index in [-0.39, 0.29) is 17.2 Å². The highest BCUT2D eigenvalue weighted by atomic mass is 79.9. The SMILES string of the molecule is CCN1CC=C2[C@@H](C1)[C@H](c1cc(Br)ccc1F)C(C#N)=C(N)C2(C#N)C#N. The number of likely N-dealkylation sites (N-methyl/N-ethyl adjacent to an activating group) is 1. The van der Waals surface area contributed by atoms with E-state index in [4.69, 9.17) is 5.73 Å². The van der Waals surface area contributed by atoms with Crippen LogP contribution in [0.5, 0.6) is 0 Å². The van der Waals surface area contributed by atoms with Gasteiger partial charge in [0.05, 0.1) is 29.5 Å². The summed E-state index contributed by atoms with van der Waals surface area (Å²) in [6.45, 7) is 3.87. The molecule has 27 heavy (non-hydrogen) atoms. The molecule has 1 aromatic carbocycles. The molecule has 0 aromatic heterocycles. The van der Waals surface area contributed by atoms with Crippen molar-refractivity contribution in [2.24, 2.45) is 17.1 Å². The number of hydrogen-bond donors (Lipinski definition) is 1. The monoisotopic (exact) mass is 425 g/mol. The van der Waals surface area contributed by atoms with Crippen molar-refractivity contribution in [2.45, 2.75) is 12.8 Å². The molecule has 2 N–H and O–H groups in total. The lowest BCUT2D eigenvalue weighted by atomic mass is 9.60. The summed E-state index contributed by atoms with van der Waals surface area (Å²) in [6, 6.07) is 10.7. The van der Waals surface area contributed by atoms with Gasteiger partial charge in [-0.25, -0.2) is 4.39 Å².